The first-order valence-electron chi connectivity index (χ1n) is 5.96. The van der Waals surface area contributed by atoms with Crippen LogP contribution < -0.4 is 15.5 Å². The highest BCUT2D eigenvalue weighted by Gasteiger charge is 2.14. The predicted octanol–water partition coefficient (Wildman–Crippen LogP) is 1.04. The molecule has 0 saturated carbocycles. The van der Waals surface area contributed by atoms with E-state index < -0.39 is 12.0 Å². The lowest BCUT2D eigenvalue weighted by atomic mass is 10.2. The van der Waals surface area contributed by atoms with E-state index in [4.69, 9.17) is 9.52 Å². The van der Waals surface area contributed by atoms with Gasteiger partial charge in [-0.05, 0) is 13.0 Å². The highest BCUT2D eigenvalue weighted by molar-refractivity contribution is 7.07. The van der Waals surface area contributed by atoms with Crippen molar-refractivity contribution >= 4 is 23.3 Å². The third kappa shape index (κ3) is 3.96. The molecule has 2 heterocycles. The lowest BCUT2D eigenvalue weighted by Crippen LogP contribution is -2.34. The smallest absolute Gasteiger partial charge is 0.339 e. The maximum absolute atomic E-state index is 11.6. The number of aromatic nitrogens is 1. The first-order valence-corrected chi connectivity index (χ1v) is 6.84. The Kier molecular flexibility index (Phi) is 4.43. The van der Waals surface area contributed by atoms with Crippen LogP contribution in [0.5, 0.6) is 0 Å². The number of nitrogens with one attached hydrogen (secondary N) is 3. The molecule has 0 unspecified atom stereocenters. The van der Waals surface area contributed by atoms with Crippen molar-refractivity contribution in [3.05, 3.63) is 43.9 Å². The monoisotopic (exact) mass is 311 g/mol. The molecule has 0 aliphatic heterocycles. The molecule has 4 N–H and O–H groups in total. The second kappa shape index (κ2) is 6.27. The van der Waals surface area contributed by atoms with Gasteiger partial charge in [0.25, 0.3) is 0 Å². The first kappa shape index (κ1) is 14.9. The Morgan fingerprint density at radius 1 is 1.38 bits per heavy atom. The fourth-order valence-electron chi connectivity index (χ4n) is 1.65. The molecule has 0 radical (unpaired) electrons. The summed E-state index contributed by atoms with van der Waals surface area (Å²) in [5, 5.41) is 15.6. The Bertz CT molecular complexity index is 715. The van der Waals surface area contributed by atoms with Crippen molar-refractivity contribution in [2.24, 2.45) is 0 Å². The van der Waals surface area contributed by atoms with Crippen molar-refractivity contribution in [2.75, 3.05) is 0 Å². The molecule has 0 aliphatic carbocycles. The topological polar surface area (TPSA) is 124 Å². The van der Waals surface area contributed by atoms with Crippen molar-refractivity contribution in [3.8, 4) is 0 Å². The summed E-state index contributed by atoms with van der Waals surface area (Å²) in [7, 11) is 0. The van der Waals surface area contributed by atoms with Crippen molar-refractivity contribution in [1.29, 1.82) is 0 Å². The molecule has 0 saturated heterocycles. The summed E-state index contributed by atoms with van der Waals surface area (Å²) in [5.74, 6) is -0.437. The van der Waals surface area contributed by atoms with Crippen molar-refractivity contribution in [2.45, 2.75) is 20.0 Å². The van der Waals surface area contributed by atoms with Crippen molar-refractivity contribution in [3.63, 3.8) is 0 Å². The van der Waals surface area contributed by atoms with Crippen LogP contribution in [0.1, 0.15) is 27.6 Å². The number of carboxylic acid groups (broad SMARTS) is 1. The number of aromatic amines is 1. The molecule has 0 atom stereocenters. The number of aryl methyl sites for hydroxylation is 1. The Hall–Kier alpha value is -2.55. The van der Waals surface area contributed by atoms with Crippen LogP contribution in [0, 0.1) is 6.92 Å². The molecule has 0 spiro atoms. The largest absolute Gasteiger partial charge is 0.478 e. The van der Waals surface area contributed by atoms with Gasteiger partial charge in [0.2, 0.25) is 0 Å². The molecule has 0 fully saturated rings. The van der Waals surface area contributed by atoms with E-state index in [1.54, 1.807) is 12.3 Å². The highest BCUT2D eigenvalue weighted by Crippen LogP contribution is 2.14. The van der Waals surface area contributed by atoms with E-state index in [1.807, 2.05) is 0 Å². The fourth-order valence-corrected chi connectivity index (χ4v) is 2.23. The lowest BCUT2D eigenvalue weighted by molar-refractivity contribution is 0.0695. The number of hydrogen-bond acceptors (Lipinski definition) is 5. The minimum atomic E-state index is -1.08. The number of carbonyl (C=O) groups excluding carboxylic acids is 1. The van der Waals surface area contributed by atoms with Crippen LogP contribution in [0.15, 0.2) is 20.7 Å². The van der Waals surface area contributed by atoms with Gasteiger partial charge in [-0.15, -0.1) is 0 Å². The summed E-state index contributed by atoms with van der Waals surface area (Å²) in [5.41, 5.74) is 0.685. The summed E-state index contributed by atoms with van der Waals surface area (Å²) < 4.78 is 5.22. The first-order chi connectivity index (χ1) is 9.95. The van der Waals surface area contributed by atoms with Crippen LogP contribution in [0.25, 0.3) is 0 Å². The number of thiazole rings is 1. The summed E-state index contributed by atoms with van der Waals surface area (Å²) in [4.78, 5) is 35.7. The number of H-pyrrole nitrogens is 1. The molecule has 2 aromatic heterocycles. The lowest BCUT2D eigenvalue weighted by Gasteiger charge is -2.04. The molecule has 2 amide bonds. The molecule has 2 aromatic rings. The summed E-state index contributed by atoms with van der Waals surface area (Å²) >= 11 is 1.02. The van der Waals surface area contributed by atoms with E-state index in [-0.39, 0.29) is 29.3 Å². The fraction of sp³-hybridized carbons (Fsp3) is 0.250. The summed E-state index contributed by atoms with van der Waals surface area (Å²) in [6.07, 6.45) is 0. The zero-order valence-corrected chi connectivity index (χ0v) is 11.9. The van der Waals surface area contributed by atoms with Crippen molar-refractivity contribution in [1.82, 2.24) is 15.6 Å². The van der Waals surface area contributed by atoms with Gasteiger partial charge in [-0.3, -0.25) is 4.79 Å². The Balaban J connectivity index is 1.82. The quantitative estimate of drug-likeness (QED) is 0.656. The zero-order chi connectivity index (χ0) is 15.4. The molecular weight excluding hydrogens is 298 g/mol. The minimum Gasteiger partial charge on any atom is -0.478 e. The molecule has 0 bridgehead atoms. The Morgan fingerprint density at radius 3 is 2.67 bits per heavy atom. The highest BCUT2D eigenvalue weighted by atomic mass is 32.1. The van der Waals surface area contributed by atoms with Gasteiger partial charge >= 0.3 is 16.9 Å². The van der Waals surface area contributed by atoms with Crippen LogP contribution in [0.3, 0.4) is 0 Å². The SMILES string of the molecule is Cc1oc(CNC(=O)NCc2csc(=O)[nH]2)cc1C(=O)O. The molecular formula is C12H13N3O5S. The number of furan rings is 1. The van der Waals surface area contributed by atoms with Crippen LogP contribution in [-0.2, 0) is 13.1 Å². The number of carbonyl (C=O) groups is 2. The average Bonchev–Trinajstić information content (AvgIpc) is 3.00. The summed E-state index contributed by atoms with van der Waals surface area (Å²) in [6.45, 7) is 1.81. The van der Waals surface area contributed by atoms with Crippen LogP contribution in [-0.4, -0.2) is 22.1 Å². The molecule has 8 nitrogen and oxygen atoms in total. The van der Waals surface area contributed by atoms with Gasteiger partial charge in [0.05, 0.1) is 13.1 Å². The van der Waals surface area contributed by atoms with Crippen LogP contribution in [0.2, 0.25) is 0 Å². The van der Waals surface area contributed by atoms with Crippen LogP contribution >= 0.6 is 11.3 Å². The van der Waals surface area contributed by atoms with E-state index >= 15 is 0 Å². The number of amides is 2. The van der Waals surface area contributed by atoms with Crippen LogP contribution in [0.4, 0.5) is 4.79 Å². The molecule has 9 heteroatoms. The molecule has 112 valence electrons. The molecule has 21 heavy (non-hydrogen) atoms. The number of rotatable bonds is 5. The van der Waals surface area contributed by atoms with Crippen molar-refractivity contribution < 1.29 is 19.1 Å². The van der Waals surface area contributed by atoms with E-state index in [0.717, 1.165) is 11.3 Å². The minimum absolute atomic E-state index is 0.0696. The Morgan fingerprint density at radius 2 is 2.10 bits per heavy atom. The standard InChI is InChI=1S/C12H13N3O5S/c1-6-9(10(16)17)2-8(20-6)4-14-11(18)13-3-7-5-21-12(19)15-7/h2,5H,3-4H2,1H3,(H,15,19)(H,16,17)(H2,13,14,18). The number of carboxylic acids is 1. The molecule has 0 aliphatic rings. The van der Waals surface area contributed by atoms with Gasteiger partial charge in [0.15, 0.2) is 0 Å². The maximum atomic E-state index is 11.6. The van der Waals surface area contributed by atoms with Gasteiger partial charge in [-0.25, -0.2) is 9.59 Å². The second-order valence-corrected chi connectivity index (χ2v) is 5.04. The van der Waals surface area contributed by atoms with E-state index in [2.05, 4.69) is 15.6 Å². The van der Waals surface area contributed by atoms with E-state index in [9.17, 15) is 14.4 Å². The van der Waals surface area contributed by atoms with Gasteiger partial charge < -0.3 is 25.1 Å². The predicted molar refractivity (Wildman–Crippen MR) is 74.4 cm³/mol. The van der Waals surface area contributed by atoms with Gasteiger partial charge in [0.1, 0.15) is 17.1 Å². The molecule has 2 rings (SSSR count). The average molecular weight is 311 g/mol. The maximum Gasteiger partial charge on any atom is 0.339 e. The number of aromatic carboxylic acids is 1. The Labute approximate surface area is 122 Å². The van der Waals surface area contributed by atoms with Gasteiger partial charge in [0, 0.05) is 11.1 Å². The zero-order valence-electron chi connectivity index (χ0n) is 11.1. The van der Waals surface area contributed by atoms with Gasteiger partial charge in [-0.1, -0.05) is 11.3 Å². The van der Waals surface area contributed by atoms with E-state index in [0.29, 0.717) is 11.5 Å². The second-order valence-electron chi connectivity index (χ2n) is 4.20. The molecule has 0 aromatic carbocycles. The van der Waals surface area contributed by atoms with Gasteiger partial charge in [-0.2, -0.15) is 0 Å². The normalized spacial score (nSPS) is 10.3. The summed E-state index contributed by atoms with van der Waals surface area (Å²) in [6, 6.07) is 0.918. The number of urea groups is 1. The number of hydrogen-bond donors (Lipinski definition) is 4. The third-order valence-corrected chi connectivity index (χ3v) is 3.35. The third-order valence-electron chi connectivity index (χ3n) is 2.63. The van der Waals surface area contributed by atoms with E-state index in [1.165, 1.54) is 6.07 Å².